The Kier molecular flexibility index (Phi) is 4.34. The van der Waals surface area contributed by atoms with Crippen molar-refractivity contribution in [2.75, 3.05) is 5.32 Å². The Morgan fingerprint density at radius 3 is 2.56 bits per heavy atom. The maximum Gasteiger partial charge on any atom is 0.269 e. The van der Waals surface area contributed by atoms with E-state index in [0.717, 1.165) is 12.1 Å². The number of terminal acetylenes is 1. The molecule has 0 fully saturated rings. The summed E-state index contributed by atoms with van der Waals surface area (Å²) in [4.78, 5) is 10.0. The number of hydrogen-bond acceptors (Lipinski definition) is 3. The van der Waals surface area contributed by atoms with Crippen LogP contribution < -0.4 is 5.32 Å². The van der Waals surface area contributed by atoms with Crippen LogP contribution in [0.1, 0.15) is 19.8 Å². The van der Waals surface area contributed by atoms with Gasteiger partial charge in [0.1, 0.15) is 0 Å². The van der Waals surface area contributed by atoms with Crippen molar-refractivity contribution in [3.8, 4) is 12.3 Å². The largest absolute Gasteiger partial charge is 0.381 e. The fourth-order valence-electron chi connectivity index (χ4n) is 1.35. The van der Waals surface area contributed by atoms with Crippen molar-refractivity contribution in [2.24, 2.45) is 0 Å². The molecule has 1 aromatic carbocycles. The zero-order valence-corrected chi connectivity index (χ0v) is 9.14. The van der Waals surface area contributed by atoms with Crippen molar-refractivity contribution in [1.82, 2.24) is 0 Å². The lowest BCUT2D eigenvalue weighted by molar-refractivity contribution is -0.384. The minimum absolute atomic E-state index is 0.0931. The van der Waals surface area contributed by atoms with Crippen LogP contribution in [-0.4, -0.2) is 11.0 Å². The highest BCUT2D eigenvalue weighted by Gasteiger charge is 2.06. The van der Waals surface area contributed by atoms with E-state index in [-0.39, 0.29) is 11.7 Å². The van der Waals surface area contributed by atoms with Gasteiger partial charge in [-0.05, 0) is 18.6 Å². The average Bonchev–Trinajstić information content (AvgIpc) is 2.29. The van der Waals surface area contributed by atoms with Gasteiger partial charge in [-0.25, -0.2) is 0 Å². The Morgan fingerprint density at radius 1 is 1.50 bits per heavy atom. The molecule has 0 aliphatic rings. The third-order valence-electron chi connectivity index (χ3n) is 2.31. The van der Waals surface area contributed by atoms with Crippen molar-refractivity contribution in [1.29, 1.82) is 0 Å². The van der Waals surface area contributed by atoms with E-state index >= 15 is 0 Å². The number of hydrogen-bond donors (Lipinski definition) is 1. The number of nitro groups is 1. The molecule has 0 radical (unpaired) electrons. The summed E-state index contributed by atoms with van der Waals surface area (Å²) in [5.74, 6) is 2.60. The second-order valence-electron chi connectivity index (χ2n) is 3.46. The Hall–Kier alpha value is -2.02. The van der Waals surface area contributed by atoms with Gasteiger partial charge in [0.15, 0.2) is 0 Å². The van der Waals surface area contributed by atoms with Crippen LogP contribution in [0.2, 0.25) is 0 Å². The molecular weight excluding hydrogens is 204 g/mol. The van der Waals surface area contributed by atoms with Gasteiger partial charge in [-0.3, -0.25) is 10.1 Å². The normalized spacial score (nSPS) is 11.5. The van der Waals surface area contributed by atoms with E-state index in [1.165, 1.54) is 12.1 Å². The van der Waals surface area contributed by atoms with Gasteiger partial charge in [-0.2, -0.15) is 0 Å². The van der Waals surface area contributed by atoms with E-state index in [4.69, 9.17) is 6.42 Å². The monoisotopic (exact) mass is 218 g/mol. The average molecular weight is 218 g/mol. The van der Waals surface area contributed by atoms with Gasteiger partial charge in [0.25, 0.3) is 5.69 Å². The summed E-state index contributed by atoms with van der Waals surface area (Å²) in [6.07, 6.45) is 6.81. The lowest BCUT2D eigenvalue weighted by atomic mass is 10.1. The Balaban J connectivity index is 2.68. The van der Waals surface area contributed by atoms with Crippen LogP contribution in [0.25, 0.3) is 0 Å². The summed E-state index contributed by atoms with van der Waals surface area (Å²) in [6, 6.07) is 6.55. The van der Waals surface area contributed by atoms with Gasteiger partial charge in [0.05, 0.1) is 4.92 Å². The highest BCUT2D eigenvalue weighted by molar-refractivity contribution is 5.49. The number of nitrogens with zero attached hydrogens (tertiary/aromatic N) is 1. The molecule has 0 heterocycles. The number of benzene rings is 1. The van der Waals surface area contributed by atoms with E-state index in [2.05, 4.69) is 11.2 Å². The first-order valence-corrected chi connectivity index (χ1v) is 5.11. The third-order valence-corrected chi connectivity index (χ3v) is 2.31. The molecule has 0 saturated carbocycles. The molecule has 0 aliphatic carbocycles. The van der Waals surface area contributed by atoms with Crippen molar-refractivity contribution >= 4 is 11.4 Å². The molecular formula is C12H14N2O2. The predicted octanol–water partition coefficient (Wildman–Crippen LogP) is 2.81. The molecule has 4 nitrogen and oxygen atoms in total. The van der Waals surface area contributed by atoms with Gasteiger partial charge in [-0.15, -0.1) is 12.3 Å². The van der Waals surface area contributed by atoms with Crippen LogP contribution >= 0.6 is 0 Å². The van der Waals surface area contributed by atoms with Gasteiger partial charge in [-0.1, -0.05) is 6.92 Å². The Bertz CT molecular complexity index is 392. The van der Waals surface area contributed by atoms with Crippen molar-refractivity contribution < 1.29 is 4.92 Å². The zero-order chi connectivity index (χ0) is 12.0. The maximum atomic E-state index is 10.5. The quantitative estimate of drug-likeness (QED) is 0.469. The van der Waals surface area contributed by atoms with Crippen LogP contribution in [0.5, 0.6) is 0 Å². The molecule has 84 valence electrons. The molecule has 4 heteroatoms. The van der Waals surface area contributed by atoms with Crippen LogP contribution in [0.4, 0.5) is 11.4 Å². The van der Waals surface area contributed by atoms with E-state index in [1.807, 2.05) is 6.92 Å². The van der Waals surface area contributed by atoms with Crippen LogP contribution in [0, 0.1) is 22.5 Å². The summed E-state index contributed by atoms with van der Waals surface area (Å²) in [5.41, 5.74) is 0.947. The molecule has 0 amide bonds. The lowest BCUT2D eigenvalue weighted by Gasteiger charge is -2.15. The van der Waals surface area contributed by atoms with Crippen molar-refractivity contribution in [2.45, 2.75) is 25.8 Å². The summed E-state index contributed by atoms with van der Waals surface area (Å²) < 4.78 is 0. The molecule has 1 N–H and O–H groups in total. The molecule has 1 rings (SSSR count). The SMILES string of the molecule is C#CCC(CC)Nc1ccc([N+](=O)[O-])cc1. The van der Waals surface area contributed by atoms with Gasteiger partial charge in [0.2, 0.25) is 0 Å². The molecule has 1 atom stereocenters. The number of non-ortho nitro benzene ring substituents is 1. The molecule has 1 unspecified atom stereocenters. The zero-order valence-electron chi connectivity index (χ0n) is 9.14. The van der Waals surface area contributed by atoms with Crippen molar-refractivity contribution in [3.05, 3.63) is 34.4 Å². The first-order valence-electron chi connectivity index (χ1n) is 5.11. The Morgan fingerprint density at radius 2 is 2.12 bits per heavy atom. The second kappa shape index (κ2) is 5.76. The topological polar surface area (TPSA) is 55.2 Å². The number of rotatable bonds is 5. The minimum Gasteiger partial charge on any atom is -0.381 e. The maximum absolute atomic E-state index is 10.5. The summed E-state index contributed by atoms with van der Waals surface area (Å²) in [6.45, 7) is 2.04. The molecule has 16 heavy (non-hydrogen) atoms. The highest BCUT2D eigenvalue weighted by atomic mass is 16.6. The summed E-state index contributed by atoms with van der Waals surface area (Å²) >= 11 is 0. The molecule has 0 saturated heterocycles. The van der Waals surface area contributed by atoms with E-state index in [1.54, 1.807) is 12.1 Å². The molecule has 1 aromatic rings. The number of nitrogens with one attached hydrogen (secondary N) is 1. The highest BCUT2D eigenvalue weighted by Crippen LogP contribution is 2.17. The van der Waals surface area contributed by atoms with E-state index in [0.29, 0.717) is 6.42 Å². The smallest absolute Gasteiger partial charge is 0.269 e. The molecule has 0 aliphatic heterocycles. The minimum atomic E-state index is -0.414. The third kappa shape index (κ3) is 3.28. The van der Waals surface area contributed by atoms with Crippen molar-refractivity contribution in [3.63, 3.8) is 0 Å². The van der Waals surface area contributed by atoms with E-state index in [9.17, 15) is 10.1 Å². The lowest BCUT2D eigenvalue weighted by Crippen LogP contribution is -2.17. The van der Waals surface area contributed by atoms with Gasteiger partial charge >= 0.3 is 0 Å². The summed E-state index contributed by atoms with van der Waals surface area (Å²) in [7, 11) is 0. The predicted molar refractivity (Wildman–Crippen MR) is 64.2 cm³/mol. The first-order chi connectivity index (χ1) is 7.67. The van der Waals surface area contributed by atoms with E-state index < -0.39 is 4.92 Å². The van der Waals surface area contributed by atoms with Crippen LogP contribution in [-0.2, 0) is 0 Å². The number of nitro benzene ring substituents is 1. The first kappa shape index (κ1) is 12.1. The molecule has 0 bridgehead atoms. The molecule has 0 aromatic heterocycles. The summed E-state index contributed by atoms with van der Waals surface area (Å²) in [5, 5.41) is 13.7. The fraction of sp³-hybridized carbons (Fsp3) is 0.333. The second-order valence-corrected chi connectivity index (χ2v) is 3.46. The molecule has 0 spiro atoms. The fourth-order valence-corrected chi connectivity index (χ4v) is 1.35. The standard InChI is InChI=1S/C12H14N2O2/c1-3-5-10(4-2)13-11-6-8-12(9-7-11)14(15)16/h1,6-10,13H,4-5H2,2H3. The van der Waals surface area contributed by atoms with Gasteiger partial charge < -0.3 is 5.32 Å². The van der Waals surface area contributed by atoms with Crippen LogP contribution in [0.15, 0.2) is 24.3 Å². The Labute approximate surface area is 94.8 Å². The van der Waals surface area contributed by atoms with Gasteiger partial charge in [0, 0.05) is 30.3 Å². The van der Waals surface area contributed by atoms with Crippen LogP contribution in [0.3, 0.4) is 0 Å². The number of anilines is 1.